The number of amides is 1. The summed E-state index contributed by atoms with van der Waals surface area (Å²) in [4.78, 5) is 33.4. The van der Waals surface area contributed by atoms with Crippen molar-refractivity contribution in [2.75, 3.05) is 12.0 Å². The van der Waals surface area contributed by atoms with E-state index in [9.17, 15) is 9.59 Å². The number of rotatable bonds is 6. The van der Waals surface area contributed by atoms with Gasteiger partial charge in [-0.25, -0.2) is 4.98 Å². The molecule has 1 fully saturated rings. The lowest BCUT2D eigenvalue weighted by Gasteiger charge is -2.35. The monoisotopic (exact) mass is 502 g/mol. The molecule has 1 saturated carbocycles. The highest BCUT2D eigenvalue weighted by Gasteiger charge is 2.53. The van der Waals surface area contributed by atoms with E-state index < -0.39 is 6.04 Å². The molecule has 2 aliphatic heterocycles. The number of aromatic nitrogens is 1. The van der Waals surface area contributed by atoms with E-state index in [4.69, 9.17) is 14.2 Å². The van der Waals surface area contributed by atoms with E-state index in [1.54, 1.807) is 18.2 Å². The highest BCUT2D eigenvalue weighted by Crippen LogP contribution is 2.49. The Morgan fingerprint density at radius 1 is 1.08 bits per heavy atom. The first-order valence-corrected chi connectivity index (χ1v) is 13.1. The molecule has 0 radical (unpaired) electrons. The number of fused-ring (bicyclic) bond motifs is 1. The Morgan fingerprint density at radius 3 is 2.69 bits per heavy atom. The number of hydrogen-bond donors (Lipinski definition) is 0. The van der Waals surface area contributed by atoms with Crippen LogP contribution in [0.1, 0.15) is 42.9 Å². The lowest BCUT2D eigenvalue weighted by Crippen LogP contribution is -2.39. The third-order valence-corrected chi connectivity index (χ3v) is 7.90. The summed E-state index contributed by atoms with van der Waals surface area (Å²) in [6.45, 7) is 0.397. The summed E-state index contributed by atoms with van der Waals surface area (Å²) >= 11 is 1.36. The average Bonchev–Trinajstić information content (AvgIpc) is 3.55. The van der Waals surface area contributed by atoms with E-state index in [0.29, 0.717) is 28.8 Å². The van der Waals surface area contributed by atoms with Crippen molar-refractivity contribution < 1.29 is 23.8 Å². The van der Waals surface area contributed by atoms with Crippen molar-refractivity contribution in [2.24, 2.45) is 5.92 Å². The Hall–Kier alpha value is -3.65. The average molecular weight is 503 g/mol. The number of anilines is 1. The van der Waals surface area contributed by atoms with E-state index in [1.165, 1.54) is 11.3 Å². The van der Waals surface area contributed by atoms with E-state index in [1.807, 2.05) is 53.9 Å². The molecule has 6 rings (SSSR count). The molecule has 3 atom stereocenters. The lowest BCUT2D eigenvalue weighted by atomic mass is 9.77. The maximum atomic E-state index is 13.8. The zero-order valence-electron chi connectivity index (χ0n) is 19.9. The Balaban J connectivity index is 1.39. The summed E-state index contributed by atoms with van der Waals surface area (Å²) in [6.07, 6.45) is 5.01. The second-order valence-corrected chi connectivity index (χ2v) is 10.1. The summed E-state index contributed by atoms with van der Waals surface area (Å²) < 4.78 is 17.9. The molecule has 0 spiro atoms. The summed E-state index contributed by atoms with van der Waals surface area (Å²) in [5.41, 5.74) is 2.22. The Labute approximate surface area is 213 Å². The number of nitrogens with zero attached hydrogens (tertiary/aromatic N) is 2. The minimum Gasteiger partial charge on any atom is -0.493 e. The maximum absolute atomic E-state index is 13.8. The SMILES string of the molecule is COc1cc(C2C3=C(OC4CCCCC4C3=O)C(=O)N2c2nccs2)ccc1OCc1ccccc1. The van der Waals surface area contributed by atoms with Gasteiger partial charge in [0.15, 0.2) is 28.2 Å². The predicted octanol–water partition coefficient (Wildman–Crippen LogP) is 5.23. The van der Waals surface area contributed by atoms with Crippen LogP contribution < -0.4 is 14.4 Å². The molecule has 1 aromatic heterocycles. The fourth-order valence-corrected chi connectivity index (χ4v) is 6.07. The third-order valence-electron chi connectivity index (χ3n) is 7.13. The largest absolute Gasteiger partial charge is 0.493 e. The molecule has 3 aromatic rings. The van der Waals surface area contributed by atoms with Gasteiger partial charge >= 0.3 is 0 Å². The lowest BCUT2D eigenvalue weighted by molar-refractivity contribution is -0.131. The standard InChI is InChI=1S/C28H26N2O5S/c1-33-22-15-18(11-12-21(22)34-16-17-7-3-2-4-8-17)24-23-25(31)19-9-5-6-10-20(19)35-26(23)27(32)30(24)28-29-13-14-36-28/h2-4,7-8,11-15,19-20,24H,5-6,9-10,16H2,1H3. The molecular weight excluding hydrogens is 476 g/mol. The van der Waals surface area contributed by atoms with Crippen molar-refractivity contribution in [3.63, 3.8) is 0 Å². The number of hydrogen-bond acceptors (Lipinski definition) is 7. The van der Waals surface area contributed by atoms with Gasteiger partial charge in [-0.2, -0.15) is 0 Å². The van der Waals surface area contributed by atoms with Gasteiger partial charge in [0.1, 0.15) is 12.7 Å². The Morgan fingerprint density at radius 2 is 1.92 bits per heavy atom. The minimum atomic E-state index is -0.633. The van der Waals surface area contributed by atoms with Gasteiger partial charge in [0.25, 0.3) is 5.91 Å². The Bertz CT molecular complexity index is 1320. The van der Waals surface area contributed by atoms with Gasteiger partial charge in [-0.1, -0.05) is 42.8 Å². The van der Waals surface area contributed by atoms with Gasteiger partial charge in [0.05, 0.1) is 24.6 Å². The smallest absolute Gasteiger partial charge is 0.296 e. The number of methoxy groups -OCH3 is 1. The van der Waals surface area contributed by atoms with Crippen LogP contribution in [0.15, 0.2) is 71.4 Å². The van der Waals surface area contributed by atoms with E-state index in [0.717, 1.165) is 36.8 Å². The molecule has 8 heteroatoms. The predicted molar refractivity (Wildman–Crippen MR) is 135 cm³/mol. The number of Topliss-reactive ketones (excluding diaryl/α,β-unsaturated/α-hetero) is 1. The summed E-state index contributed by atoms with van der Waals surface area (Å²) in [5.74, 6) is 0.783. The topological polar surface area (TPSA) is 78.0 Å². The second kappa shape index (κ2) is 9.43. The van der Waals surface area contributed by atoms with Crippen molar-refractivity contribution in [3.05, 3.63) is 82.6 Å². The first-order valence-electron chi connectivity index (χ1n) is 12.2. The molecule has 0 bridgehead atoms. The van der Waals surface area contributed by atoms with Gasteiger partial charge in [-0.05, 0) is 42.5 Å². The number of ketones is 1. The molecular formula is C28H26N2O5S. The summed E-state index contributed by atoms with van der Waals surface area (Å²) in [6, 6.07) is 14.8. The van der Waals surface area contributed by atoms with Crippen LogP contribution in [0.25, 0.3) is 0 Å². The third kappa shape index (κ3) is 3.86. The second-order valence-electron chi connectivity index (χ2n) is 9.23. The van der Waals surface area contributed by atoms with E-state index in [2.05, 4.69) is 4.98 Å². The van der Waals surface area contributed by atoms with Gasteiger partial charge < -0.3 is 14.2 Å². The molecule has 1 amide bonds. The van der Waals surface area contributed by atoms with Gasteiger partial charge in [-0.3, -0.25) is 14.5 Å². The first kappa shape index (κ1) is 22.8. The van der Waals surface area contributed by atoms with Crippen LogP contribution in [0.3, 0.4) is 0 Å². The normalized spacial score (nSPS) is 23.2. The highest BCUT2D eigenvalue weighted by atomic mass is 32.1. The van der Waals surface area contributed by atoms with Crippen molar-refractivity contribution in [2.45, 2.75) is 44.4 Å². The molecule has 3 heterocycles. The molecule has 184 valence electrons. The number of carbonyl (C=O) groups is 2. The quantitative estimate of drug-likeness (QED) is 0.459. The van der Waals surface area contributed by atoms with Gasteiger partial charge in [-0.15, -0.1) is 11.3 Å². The van der Waals surface area contributed by atoms with Crippen LogP contribution in [-0.4, -0.2) is 29.9 Å². The molecule has 1 aliphatic carbocycles. The number of ether oxygens (including phenoxy) is 3. The van der Waals surface area contributed by atoms with Crippen LogP contribution in [0.5, 0.6) is 11.5 Å². The molecule has 0 N–H and O–H groups in total. The van der Waals surface area contributed by atoms with E-state index in [-0.39, 0.29) is 29.5 Å². The zero-order valence-corrected chi connectivity index (χ0v) is 20.7. The number of thiazole rings is 1. The molecule has 3 unspecified atom stereocenters. The van der Waals surface area contributed by atoms with Gasteiger partial charge in [0.2, 0.25) is 0 Å². The minimum absolute atomic E-state index is 0.0155. The fraction of sp³-hybridized carbons (Fsp3) is 0.321. The summed E-state index contributed by atoms with van der Waals surface area (Å²) in [7, 11) is 1.58. The van der Waals surface area contributed by atoms with Crippen molar-refractivity contribution in [1.29, 1.82) is 0 Å². The molecule has 36 heavy (non-hydrogen) atoms. The first-order chi connectivity index (χ1) is 17.7. The van der Waals surface area contributed by atoms with Crippen molar-refractivity contribution in [1.82, 2.24) is 4.98 Å². The van der Waals surface area contributed by atoms with Crippen molar-refractivity contribution in [3.8, 4) is 11.5 Å². The van der Waals surface area contributed by atoms with Crippen LogP contribution in [0, 0.1) is 5.92 Å². The fourth-order valence-electron chi connectivity index (χ4n) is 5.40. The van der Waals surface area contributed by atoms with Crippen molar-refractivity contribution >= 4 is 28.2 Å². The van der Waals surface area contributed by atoms with Crippen LogP contribution in [0.4, 0.5) is 5.13 Å². The van der Waals surface area contributed by atoms with E-state index >= 15 is 0 Å². The number of benzene rings is 2. The zero-order chi connectivity index (χ0) is 24.6. The van der Waals surface area contributed by atoms with Gasteiger partial charge in [0, 0.05) is 11.6 Å². The molecule has 0 saturated heterocycles. The molecule has 7 nitrogen and oxygen atoms in total. The number of carbonyl (C=O) groups excluding carboxylic acids is 2. The van der Waals surface area contributed by atoms with Crippen LogP contribution >= 0.6 is 11.3 Å². The Kier molecular flexibility index (Phi) is 5.97. The highest BCUT2D eigenvalue weighted by molar-refractivity contribution is 7.13. The summed E-state index contributed by atoms with van der Waals surface area (Å²) in [5, 5.41) is 2.35. The maximum Gasteiger partial charge on any atom is 0.296 e. The molecule has 2 aromatic carbocycles. The van der Waals surface area contributed by atoms with Crippen LogP contribution in [0.2, 0.25) is 0 Å². The van der Waals surface area contributed by atoms with Crippen LogP contribution in [-0.2, 0) is 20.9 Å². The molecule has 3 aliphatic rings.